The molecule has 2 rings (SSSR count). The fraction of sp³-hybridized carbons (Fsp3) is 0.467. The summed E-state index contributed by atoms with van der Waals surface area (Å²) in [4.78, 5) is 0. The highest BCUT2D eigenvalue weighted by Crippen LogP contribution is 2.36. The van der Waals surface area contributed by atoms with Crippen molar-refractivity contribution in [2.75, 3.05) is 7.05 Å². The quantitative estimate of drug-likeness (QED) is 0.861. The monoisotopic (exact) mass is 309 g/mol. The third-order valence-electron chi connectivity index (χ3n) is 3.23. The van der Waals surface area contributed by atoms with Crippen LogP contribution in [0, 0.1) is 12.3 Å². The van der Waals surface area contributed by atoms with Gasteiger partial charge in [-0.2, -0.15) is 0 Å². The number of benzene rings is 1. The van der Waals surface area contributed by atoms with Crippen LogP contribution in [-0.4, -0.2) is 7.05 Å². The van der Waals surface area contributed by atoms with Crippen LogP contribution in [0.1, 0.15) is 38.1 Å². The summed E-state index contributed by atoms with van der Waals surface area (Å²) in [6.45, 7) is 8.71. The lowest BCUT2D eigenvalue weighted by Crippen LogP contribution is -2.29. The fourth-order valence-electron chi connectivity index (χ4n) is 2.45. The van der Waals surface area contributed by atoms with E-state index in [0.29, 0.717) is 0 Å². The Labute approximate surface area is 117 Å². The average Bonchev–Trinajstić information content (AvgIpc) is 2.59. The van der Waals surface area contributed by atoms with Crippen molar-refractivity contribution in [3.63, 3.8) is 0 Å². The lowest BCUT2D eigenvalue weighted by molar-refractivity contribution is 0.253. The normalized spacial score (nSPS) is 14.1. The van der Waals surface area contributed by atoms with E-state index in [2.05, 4.69) is 67.1 Å². The van der Waals surface area contributed by atoms with Gasteiger partial charge in [-0.15, -0.1) is 0 Å². The van der Waals surface area contributed by atoms with Gasteiger partial charge in [-0.3, -0.25) is 0 Å². The molecular formula is C15H20BrNO. The molecule has 2 nitrogen and oxygen atoms in total. The Morgan fingerprint density at radius 2 is 1.89 bits per heavy atom. The van der Waals surface area contributed by atoms with Gasteiger partial charge in [0.1, 0.15) is 11.3 Å². The first-order valence-electron chi connectivity index (χ1n) is 6.20. The molecule has 1 aromatic carbocycles. The van der Waals surface area contributed by atoms with Crippen molar-refractivity contribution in [3.05, 3.63) is 34.0 Å². The van der Waals surface area contributed by atoms with E-state index in [1.165, 1.54) is 0 Å². The minimum atomic E-state index is 0.119. The largest absolute Gasteiger partial charge is 0.459 e. The summed E-state index contributed by atoms with van der Waals surface area (Å²) < 4.78 is 7.14. The molecular weight excluding hydrogens is 290 g/mol. The van der Waals surface area contributed by atoms with Crippen molar-refractivity contribution in [1.82, 2.24) is 5.32 Å². The summed E-state index contributed by atoms with van der Waals surface area (Å²) >= 11 is 3.53. The maximum atomic E-state index is 6.05. The summed E-state index contributed by atoms with van der Waals surface area (Å²) in [5, 5.41) is 4.50. The number of nitrogens with one attached hydrogen (secondary N) is 1. The van der Waals surface area contributed by atoms with Crippen LogP contribution in [0.3, 0.4) is 0 Å². The molecule has 0 spiro atoms. The summed E-state index contributed by atoms with van der Waals surface area (Å²) in [6.07, 6.45) is 0. The molecule has 0 amide bonds. The number of halogens is 1. The number of aryl methyl sites for hydroxylation is 1. The molecule has 98 valence electrons. The molecule has 1 atom stereocenters. The maximum absolute atomic E-state index is 6.05. The molecule has 1 aromatic heterocycles. The van der Waals surface area contributed by atoms with Gasteiger partial charge < -0.3 is 9.73 Å². The van der Waals surface area contributed by atoms with E-state index in [4.69, 9.17) is 4.42 Å². The van der Waals surface area contributed by atoms with Gasteiger partial charge in [0.2, 0.25) is 0 Å². The number of rotatable bonds is 2. The molecule has 2 aromatic rings. The van der Waals surface area contributed by atoms with E-state index in [9.17, 15) is 0 Å². The Balaban J connectivity index is 2.56. The summed E-state index contributed by atoms with van der Waals surface area (Å²) in [5.74, 6) is 1.00. The molecule has 3 heteroatoms. The van der Waals surface area contributed by atoms with Crippen LogP contribution in [0.15, 0.2) is 27.1 Å². The van der Waals surface area contributed by atoms with Gasteiger partial charge in [-0.05, 0) is 43.1 Å². The Kier molecular flexibility index (Phi) is 3.56. The molecule has 0 fully saturated rings. The molecule has 1 N–H and O–H groups in total. The van der Waals surface area contributed by atoms with E-state index >= 15 is 0 Å². The SMILES string of the molecule is CNC(c1cc2cc(Br)cc(C)c2o1)C(C)(C)C. The molecule has 1 heterocycles. The molecule has 0 aliphatic heterocycles. The molecule has 0 saturated heterocycles. The van der Waals surface area contributed by atoms with Crippen LogP contribution < -0.4 is 5.32 Å². The van der Waals surface area contributed by atoms with Crippen LogP contribution in [0.25, 0.3) is 11.0 Å². The molecule has 0 aliphatic carbocycles. The second-order valence-corrected chi connectivity index (χ2v) is 6.79. The van der Waals surface area contributed by atoms with Gasteiger partial charge in [0, 0.05) is 9.86 Å². The standard InChI is InChI=1S/C15H20BrNO/c1-9-6-11(16)7-10-8-12(18-13(9)10)14(17-5)15(2,3)4/h6-8,14,17H,1-5H3. The first-order valence-corrected chi connectivity index (χ1v) is 6.99. The Bertz CT molecular complexity index is 566. The molecule has 18 heavy (non-hydrogen) atoms. The van der Waals surface area contributed by atoms with E-state index in [0.717, 1.165) is 26.8 Å². The number of furan rings is 1. The Hall–Kier alpha value is -0.800. The third-order valence-corrected chi connectivity index (χ3v) is 3.68. The summed E-state index contributed by atoms with van der Waals surface area (Å²) in [7, 11) is 1.98. The average molecular weight is 310 g/mol. The maximum Gasteiger partial charge on any atom is 0.137 e. The first kappa shape index (κ1) is 13.6. The first-order chi connectivity index (χ1) is 8.32. The number of hydrogen-bond donors (Lipinski definition) is 1. The minimum Gasteiger partial charge on any atom is -0.459 e. The molecule has 0 bridgehead atoms. The second kappa shape index (κ2) is 4.71. The molecule has 0 saturated carbocycles. The topological polar surface area (TPSA) is 25.2 Å². The summed E-state index contributed by atoms with van der Waals surface area (Å²) in [5.41, 5.74) is 2.26. The van der Waals surface area contributed by atoms with Gasteiger partial charge >= 0.3 is 0 Å². The van der Waals surface area contributed by atoms with Crippen LogP contribution in [0.4, 0.5) is 0 Å². The van der Waals surface area contributed by atoms with Crippen molar-refractivity contribution < 1.29 is 4.42 Å². The predicted octanol–water partition coefficient (Wildman–Crippen LogP) is 4.81. The highest BCUT2D eigenvalue weighted by atomic mass is 79.9. The highest BCUT2D eigenvalue weighted by Gasteiger charge is 2.27. The van der Waals surface area contributed by atoms with E-state index in [1.54, 1.807) is 0 Å². The fourth-order valence-corrected chi connectivity index (χ4v) is 3.04. The predicted molar refractivity (Wildman–Crippen MR) is 79.9 cm³/mol. The molecule has 0 aliphatic rings. The second-order valence-electron chi connectivity index (χ2n) is 5.88. The van der Waals surface area contributed by atoms with Gasteiger partial charge in [0.05, 0.1) is 6.04 Å². The van der Waals surface area contributed by atoms with Crippen LogP contribution in [0.5, 0.6) is 0 Å². The molecule has 1 unspecified atom stereocenters. The lowest BCUT2D eigenvalue weighted by atomic mass is 9.85. The smallest absolute Gasteiger partial charge is 0.137 e. The number of hydrogen-bond acceptors (Lipinski definition) is 2. The Morgan fingerprint density at radius 3 is 2.44 bits per heavy atom. The van der Waals surface area contributed by atoms with Crippen LogP contribution in [-0.2, 0) is 0 Å². The zero-order valence-corrected chi connectivity index (χ0v) is 13.2. The van der Waals surface area contributed by atoms with Crippen LogP contribution in [0.2, 0.25) is 0 Å². The zero-order valence-electron chi connectivity index (χ0n) is 11.6. The van der Waals surface area contributed by atoms with Gasteiger partial charge in [-0.25, -0.2) is 0 Å². The molecule has 0 radical (unpaired) electrons. The van der Waals surface area contributed by atoms with Gasteiger partial charge in [-0.1, -0.05) is 36.7 Å². The van der Waals surface area contributed by atoms with Crippen LogP contribution >= 0.6 is 15.9 Å². The number of fused-ring (bicyclic) bond motifs is 1. The zero-order chi connectivity index (χ0) is 13.5. The van der Waals surface area contributed by atoms with Crippen molar-refractivity contribution in [2.24, 2.45) is 5.41 Å². The van der Waals surface area contributed by atoms with Gasteiger partial charge in [0.15, 0.2) is 0 Å². The highest BCUT2D eigenvalue weighted by molar-refractivity contribution is 9.10. The Morgan fingerprint density at radius 1 is 1.22 bits per heavy atom. The van der Waals surface area contributed by atoms with Crippen molar-refractivity contribution >= 4 is 26.9 Å². The van der Waals surface area contributed by atoms with Gasteiger partial charge in [0.25, 0.3) is 0 Å². The minimum absolute atomic E-state index is 0.119. The van der Waals surface area contributed by atoms with E-state index < -0.39 is 0 Å². The van der Waals surface area contributed by atoms with E-state index in [1.807, 2.05) is 7.05 Å². The van der Waals surface area contributed by atoms with Crippen molar-refractivity contribution in [3.8, 4) is 0 Å². The summed E-state index contributed by atoms with van der Waals surface area (Å²) in [6, 6.07) is 6.54. The third kappa shape index (κ3) is 2.47. The van der Waals surface area contributed by atoms with E-state index in [-0.39, 0.29) is 11.5 Å². The van der Waals surface area contributed by atoms with Crippen molar-refractivity contribution in [1.29, 1.82) is 0 Å². The van der Waals surface area contributed by atoms with Crippen molar-refractivity contribution in [2.45, 2.75) is 33.7 Å². The lowest BCUT2D eigenvalue weighted by Gasteiger charge is -2.28.